The van der Waals surface area contributed by atoms with Crippen LogP contribution in [0.25, 0.3) is 22.3 Å². The smallest absolute Gasteiger partial charge is 0.258 e. The number of hydrogen-bond acceptors (Lipinski definition) is 5. The molecule has 1 saturated carbocycles. The molecule has 0 unspecified atom stereocenters. The van der Waals surface area contributed by atoms with Crippen LogP contribution < -0.4 is 5.56 Å². The van der Waals surface area contributed by atoms with Gasteiger partial charge in [0.05, 0.1) is 21.7 Å². The number of rotatable bonds is 5. The van der Waals surface area contributed by atoms with E-state index in [0.717, 1.165) is 29.4 Å². The highest BCUT2D eigenvalue weighted by molar-refractivity contribution is 7.98. The topological polar surface area (TPSA) is 76.5 Å². The van der Waals surface area contributed by atoms with E-state index in [1.807, 2.05) is 24.3 Å². The van der Waals surface area contributed by atoms with Crippen molar-refractivity contribution in [3.05, 3.63) is 68.7 Å². The highest BCUT2D eigenvalue weighted by atomic mass is 35.5. The number of aromatic nitrogens is 5. The van der Waals surface area contributed by atoms with Crippen molar-refractivity contribution in [1.29, 1.82) is 0 Å². The zero-order chi connectivity index (χ0) is 21.4. The second-order valence-electron chi connectivity index (χ2n) is 7.56. The van der Waals surface area contributed by atoms with Gasteiger partial charge in [-0.2, -0.15) is 0 Å². The molecular formula is C22H19Cl2N5OS. The number of thioether (sulfide) groups is 1. The molecule has 0 aliphatic heterocycles. The van der Waals surface area contributed by atoms with Gasteiger partial charge in [0, 0.05) is 16.6 Å². The normalized spacial score (nSPS) is 14.5. The van der Waals surface area contributed by atoms with Crippen molar-refractivity contribution in [3.63, 3.8) is 0 Å². The van der Waals surface area contributed by atoms with Gasteiger partial charge in [-0.3, -0.25) is 9.36 Å². The monoisotopic (exact) mass is 471 g/mol. The van der Waals surface area contributed by atoms with Crippen molar-refractivity contribution in [2.75, 3.05) is 0 Å². The third-order valence-corrected chi connectivity index (χ3v) is 7.04. The summed E-state index contributed by atoms with van der Waals surface area (Å²) in [7, 11) is 0. The van der Waals surface area contributed by atoms with Crippen molar-refractivity contribution in [2.24, 2.45) is 0 Å². The molecule has 31 heavy (non-hydrogen) atoms. The summed E-state index contributed by atoms with van der Waals surface area (Å²) in [6.07, 6.45) is 4.57. The molecule has 158 valence electrons. The molecule has 0 amide bonds. The minimum Gasteiger partial charge on any atom is -0.309 e. The molecule has 0 saturated heterocycles. The minimum atomic E-state index is -0.197. The van der Waals surface area contributed by atoms with Gasteiger partial charge >= 0.3 is 0 Å². The van der Waals surface area contributed by atoms with Crippen LogP contribution in [0.5, 0.6) is 0 Å². The zero-order valence-electron chi connectivity index (χ0n) is 16.5. The molecule has 1 aliphatic carbocycles. The Kier molecular flexibility index (Phi) is 5.73. The van der Waals surface area contributed by atoms with E-state index in [1.165, 1.54) is 24.6 Å². The van der Waals surface area contributed by atoms with Gasteiger partial charge in [-0.1, -0.05) is 59.9 Å². The van der Waals surface area contributed by atoms with Crippen molar-refractivity contribution >= 4 is 45.9 Å². The van der Waals surface area contributed by atoms with Gasteiger partial charge in [-0.05, 0) is 43.2 Å². The Morgan fingerprint density at radius 2 is 1.90 bits per heavy atom. The van der Waals surface area contributed by atoms with Gasteiger partial charge in [-0.15, -0.1) is 10.2 Å². The summed E-state index contributed by atoms with van der Waals surface area (Å²) in [6, 6.07) is 13.2. The largest absolute Gasteiger partial charge is 0.309 e. The number of nitrogens with one attached hydrogen (secondary N) is 1. The average Bonchev–Trinajstić information content (AvgIpc) is 3.43. The molecule has 1 fully saturated rings. The van der Waals surface area contributed by atoms with Gasteiger partial charge < -0.3 is 4.98 Å². The molecule has 1 aliphatic rings. The molecule has 4 aromatic rings. The van der Waals surface area contributed by atoms with E-state index in [4.69, 9.17) is 23.2 Å². The lowest BCUT2D eigenvalue weighted by molar-refractivity contribution is 0.485. The van der Waals surface area contributed by atoms with Gasteiger partial charge in [0.15, 0.2) is 11.0 Å². The van der Waals surface area contributed by atoms with Crippen molar-refractivity contribution < 1.29 is 0 Å². The van der Waals surface area contributed by atoms with Gasteiger partial charge in [0.2, 0.25) is 0 Å². The summed E-state index contributed by atoms with van der Waals surface area (Å²) >= 11 is 14.0. The predicted octanol–water partition coefficient (Wildman–Crippen LogP) is 5.90. The third-order valence-electron chi connectivity index (χ3n) is 5.52. The van der Waals surface area contributed by atoms with Crippen LogP contribution in [0.2, 0.25) is 10.0 Å². The number of aromatic amines is 1. The molecule has 2 aromatic carbocycles. The Hall–Kier alpha value is -2.35. The van der Waals surface area contributed by atoms with E-state index in [9.17, 15) is 4.79 Å². The molecule has 0 spiro atoms. The zero-order valence-corrected chi connectivity index (χ0v) is 18.8. The maximum atomic E-state index is 12.5. The Bertz CT molecular complexity index is 1310. The summed E-state index contributed by atoms with van der Waals surface area (Å²) in [5, 5.41) is 11.4. The molecule has 5 rings (SSSR count). The fourth-order valence-electron chi connectivity index (χ4n) is 4.05. The fraction of sp³-hybridized carbons (Fsp3) is 0.273. The first kappa shape index (κ1) is 20.5. The quantitative estimate of drug-likeness (QED) is 0.366. The fourth-order valence-corrected chi connectivity index (χ4v) is 5.32. The predicted molar refractivity (Wildman–Crippen MR) is 125 cm³/mol. The highest BCUT2D eigenvalue weighted by Crippen LogP contribution is 2.38. The second-order valence-corrected chi connectivity index (χ2v) is 9.34. The summed E-state index contributed by atoms with van der Waals surface area (Å²) in [6.45, 7) is 0. The van der Waals surface area contributed by atoms with Gasteiger partial charge in [0.25, 0.3) is 5.56 Å². The number of nitrogens with zero attached hydrogens (tertiary/aromatic N) is 4. The number of H-pyrrole nitrogens is 1. The summed E-state index contributed by atoms with van der Waals surface area (Å²) in [5.41, 5.74) is 1.31. The van der Waals surface area contributed by atoms with Crippen LogP contribution in [0, 0.1) is 0 Å². The summed E-state index contributed by atoms with van der Waals surface area (Å²) in [4.78, 5) is 19.9. The van der Waals surface area contributed by atoms with E-state index in [0.29, 0.717) is 38.6 Å². The molecule has 9 heteroatoms. The Morgan fingerprint density at radius 1 is 1.10 bits per heavy atom. The molecule has 0 atom stereocenters. The van der Waals surface area contributed by atoms with E-state index >= 15 is 0 Å². The molecular weight excluding hydrogens is 453 g/mol. The Labute approximate surface area is 193 Å². The maximum Gasteiger partial charge on any atom is 0.258 e. The first-order valence-electron chi connectivity index (χ1n) is 10.1. The van der Waals surface area contributed by atoms with E-state index in [2.05, 4.69) is 24.7 Å². The number of hydrogen-bond donors (Lipinski definition) is 1. The molecule has 0 radical (unpaired) electrons. The number of fused-ring (bicyclic) bond motifs is 1. The van der Waals surface area contributed by atoms with Crippen LogP contribution >= 0.6 is 35.0 Å². The first-order chi connectivity index (χ1) is 15.1. The molecule has 0 bridgehead atoms. The first-order valence-corrected chi connectivity index (χ1v) is 11.9. The minimum absolute atomic E-state index is 0.197. The van der Waals surface area contributed by atoms with Crippen LogP contribution in [0.15, 0.2) is 52.4 Å². The SMILES string of the molecule is O=c1[nH]c(CSc2nnc(-c3ccccc3Cl)n2C2CCCC2)nc2ccc(Cl)cc12. The van der Waals surface area contributed by atoms with E-state index in [-0.39, 0.29) is 5.56 Å². The number of halogens is 2. The van der Waals surface area contributed by atoms with Crippen LogP contribution in [0.4, 0.5) is 0 Å². The van der Waals surface area contributed by atoms with Crippen LogP contribution in [0.1, 0.15) is 37.5 Å². The summed E-state index contributed by atoms with van der Waals surface area (Å²) in [5.74, 6) is 1.85. The van der Waals surface area contributed by atoms with Crippen molar-refractivity contribution in [1.82, 2.24) is 24.7 Å². The number of benzene rings is 2. The second kappa shape index (κ2) is 8.65. The van der Waals surface area contributed by atoms with E-state index < -0.39 is 0 Å². The molecule has 2 heterocycles. The lowest BCUT2D eigenvalue weighted by Gasteiger charge is -2.17. The average molecular weight is 472 g/mol. The Morgan fingerprint density at radius 3 is 2.71 bits per heavy atom. The third kappa shape index (κ3) is 4.10. The highest BCUT2D eigenvalue weighted by Gasteiger charge is 2.26. The van der Waals surface area contributed by atoms with Crippen molar-refractivity contribution in [3.8, 4) is 11.4 Å². The van der Waals surface area contributed by atoms with Crippen molar-refractivity contribution in [2.45, 2.75) is 42.6 Å². The molecule has 1 N–H and O–H groups in total. The summed E-state index contributed by atoms with van der Waals surface area (Å²) < 4.78 is 2.21. The maximum absolute atomic E-state index is 12.5. The standard InChI is InChI=1S/C22H19Cl2N5OS/c23-13-9-10-18-16(11-13)21(30)26-19(25-18)12-31-22-28-27-20(15-7-3-4-8-17(15)24)29(22)14-5-1-2-6-14/h3-4,7-11,14H,1-2,5-6,12H2,(H,25,26,30). The lowest BCUT2D eigenvalue weighted by Crippen LogP contribution is -2.12. The van der Waals surface area contributed by atoms with Gasteiger partial charge in [0.1, 0.15) is 5.82 Å². The van der Waals surface area contributed by atoms with Crippen LogP contribution in [-0.4, -0.2) is 24.7 Å². The van der Waals surface area contributed by atoms with Gasteiger partial charge in [-0.25, -0.2) is 4.98 Å². The van der Waals surface area contributed by atoms with E-state index in [1.54, 1.807) is 18.2 Å². The molecule has 6 nitrogen and oxygen atoms in total. The Balaban J connectivity index is 1.48. The van der Waals surface area contributed by atoms with Crippen LogP contribution in [0.3, 0.4) is 0 Å². The molecule has 2 aromatic heterocycles. The van der Waals surface area contributed by atoms with Crippen LogP contribution in [-0.2, 0) is 5.75 Å². The lowest BCUT2D eigenvalue weighted by atomic mass is 10.2.